The quantitative estimate of drug-likeness (QED) is 0.146. The smallest absolute Gasteiger partial charge is 0.200 e. The number of halogens is 3. The molecule has 3 atom stereocenters. The summed E-state index contributed by atoms with van der Waals surface area (Å²) >= 11 is 6.93. The maximum Gasteiger partial charge on any atom is 0.200 e. The van der Waals surface area contributed by atoms with Crippen LogP contribution in [0.3, 0.4) is 0 Å². The number of hydrogen-bond donors (Lipinski definition) is 0. The van der Waals surface area contributed by atoms with E-state index in [0.717, 1.165) is 27.5 Å². The zero-order valence-corrected chi connectivity index (χ0v) is 25.8. The molecule has 7 heteroatoms. The summed E-state index contributed by atoms with van der Waals surface area (Å²) in [6.45, 7) is 1.38. The van der Waals surface area contributed by atoms with Crippen LogP contribution in [0.2, 0.25) is 5.02 Å². The van der Waals surface area contributed by atoms with Crippen LogP contribution in [0.15, 0.2) is 103 Å². The minimum atomic E-state index is -1.01. The molecule has 0 bridgehead atoms. The molecule has 232 valence electrons. The fourth-order valence-corrected chi connectivity index (χ4v) is 6.27. The number of hydrogen-bond acceptors (Lipinski definition) is 4. The first-order valence-electron chi connectivity index (χ1n) is 15.1. The summed E-state index contributed by atoms with van der Waals surface area (Å²) < 4.78 is 53.9. The van der Waals surface area contributed by atoms with Gasteiger partial charge in [0.05, 0.1) is 50.3 Å². The van der Waals surface area contributed by atoms with E-state index in [1.807, 2.05) is 78.9 Å². The van der Waals surface area contributed by atoms with Gasteiger partial charge < -0.3 is 18.9 Å². The van der Waals surface area contributed by atoms with Gasteiger partial charge in [-0.15, -0.1) is 0 Å². The molecule has 0 radical (unpaired) electrons. The second kappa shape index (κ2) is 14.5. The second-order valence-electron chi connectivity index (χ2n) is 11.4. The van der Waals surface area contributed by atoms with Gasteiger partial charge in [0.1, 0.15) is 0 Å². The number of rotatable bonds is 11. The lowest BCUT2D eigenvalue weighted by Gasteiger charge is -2.36. The van der Waals surface area contributed by atoms with Crippen molar-refractivity contribution in [2.24, 2.45) is 0 Å². The fraction of sp³-hybridized carbons (Fsp3) is 0.263. The third kappa shape index (κ3) is 7.37. The third-order valence-corrected chi connectivity index (χ3v) is 8.71. The first-order chi connectivity index (χ1) is 22.0. The summed E-state index contributed by atoms with van der Waals surface area (Å²) in [4.78, 5) is 0. The fourth-order valence-electron chi connectivity index (χ4n) is 5.98. The maximum absolute atomic E-state index is 15.1. The van der Waals surface area contributed by atoms with E-state index < -0.39 is 11.6 Å². The molecule has 6 rings (SSSR count). The molecule has 0 amide bonds. The van der Waals surface area contributed by atoms with Crippen molar-refractivity contribution in [2.45, 2.75) is 50.8 Å². The zero-order chi connectivity index (χ0) is 31.2. The van der Waals surface area contributed by atoms with Crippen molar-refractivity contribution in [3.63, 3.8) is 0 Å². The lowest BCUT2D eigenvalue weighted by atomic mass is 9.89. The molecule has 1 heterocycles. The average Bonchev–Trinajstić information content (AvgIpc) is 3.08. The van der Waals surface area contributed by atoms with Crippen LogP contribution >= 0.6 is 11.6 Å². The topological polar surface area (TPSA) is 36.9 Å². The summed E-state index contributed by atoms with van der Waals surface area (Å²) in [5.74, 6) is -2.10. The van der Waals surface area contributed by atoms with E-state index in [4.69, 9.17) is 30.5 Å². The molecule has 1 fully saturated rings. The van der Waals surface area contributed by atoms with Crippen molar-refractivity contribution < 1.29 is 27.7 Å². The third-order valence-electron chi connectivity index (χ3n) is 8.26. The summed E-state index contributed by atoms with van der Waals surface area (Å²) in [7, 11) is 1.31. The molecule has 45 heavy (non-hydrogen) atoms. The van der Waals surface area contributed by atoms with Crippen LogP contribution in [0.4, 0.5) is 8.78 Å². The number of ether oxygens (including phenoxy) is 4. The average molecular weight is 629 g/mol. The number of fused-ring (bicyclic) bond motifs is 1. The Labute approximate surface area is 267 Å². The van der Waals surface area contributed by atoms with Gasteiger partial charge in [0, 0.05) is 24.6 Å². The molecule has 0 spiro atoms. The van der Waals surface area contributed by atoms with Gasteiger partial charge in [-0.05, 0) is 39.3 Å². The molecule has 0 N–H and O–H groups in total. The largest absolute Gasteiger partial charge is 0.494 e. The lowest BCUT2D eigenvalue weighted by Crippen LogP contribution is -2.35. The van der Waals surface area contributed by atoms with Crippen molar-refractivity contribution in [2.75, 3.05) is 13.7 Å². The van der Waals surface area contributed by atoms with Gasteiger partial charge in [-0.3, -0.25) is 0 Å². The van der Waals surface area contributed by atoms with Gasteiger partial charge in [-0.25, -0.2) is 4.39 Å². The molecular formula is C38H35ClF2O4. The molecule has 0 saturated carbocycles. The van der Waals surface area contributed by atoms with E-state index >= 15 is 4.39 Å². The van der Waals surface area contributed by atoms with Crippen LogP contribution < -0.4 is 4.74 Å². The second-order valence-corrected chi connectivity index (χ2v) is 11.7. The Hall–Kier alpha value is -3.81. The minimum absolute atomic E-state index is 0.0831. The maximum atomic E-state index is 15.1. The Kier molecular flexibility index (Phi) is 10.1. The van der Waals surface area contributed by atoms with E-state index in [1.165, 1.54) is 19.2 Å². The van der Waals surface area contributed by atoms with Crippen molar-refractivity contribution in [3.8, 4) is 5.75 Å². The van der Waals surface area contributed by atoms with E-state index in [0.29, 0.717) is 43.2 Å². The van der Waals surface area contributed by atoms with Gasteiger partial charge in [0.2, 0.25) is 5.82 Å². The highest BCUT2D eigenvalue weighted by atomic mass is 35.5. The van der Waals surface area contributed by atoms with E-state index in [9.17, 15) is 4.39 Å². The molecule has 3 unspecified atom stereocenters. The molecule has 4 nitrogen and oxygen atoms in total. The van der Waals surface area contributed by atoms with Crippen molar-refractivity contribution >= 4 is 22.4 Å². The predicted molar refractivity (Wildman–Crippen MR) is 173 cm³/mol. The first-order valence-corrected chi connectivity index (χ1v) is 15.5. The summed E-state index contributed by atoms with van der Waals surface area (Å²) in [5, 5.41) is 2.28. The molecule has 0 aromatic heterocycles. The Bertz CT molecular complexity index is 1730. The summed E-state index contributed by atoms with van der Waals surface area (Å²) in [5.41, 5.74) is 4.00. The molecule has 0 aliphatic carbocycles. The van der Waals surface area contributed by atoms with Crippen LogP contribution in [0.1, 0.15) is 46.8 Å². The highest BCUT2D eigenvalue weighted by Gasteiger charge is 2.33. The standard InChI is InChI=1S/C38H35ClF2O4/c1-42-34-17-16-27(37(40)38(34)41)18-28-19-33(31-14-8-9-15-32(31)36(28)39)35-21-29(44-23-26-12-6-3-7-13-26)20-30(45-35)24-43-22-25-10-4-2-5-11-25/h2-17,19,29-30,35H,18,20-24H2,1H3. The first kappa shape index (κ1) is 31.2. The Morgan fingerprint density at radius 2 is 1.42 bits per heavy atom. The van der Waals surface area contributed by atoms with E-state index in [-0.39, 0.29) is 36.0 Å². The Morgan fingerprint density at radius 3 is 2.13 bits per heavy atom. The van der Waals surface area contributed by atoms with E-state index in [1.54, 1.807) is 0 Å². The highest BCUT2D eigenvalue weighted by molar-refractivity contribution is 6.36. The zero-order valence-electron chi connectivity index (χ0n) is 25.1. The van der Waals surface area contributed by atoms with Crippen molar-refractivity contribution in [1.29, 1.82) is 0 Å². The van der Waals surface area contributed by atoms with Crippen LogP contribution in [0.25, 0.3) is 10.8 Å². The van der Waals surface area contributed by atoms with Gasteiger partial charge in [0.25, 0.3) is 0 Å². The predicted octanol–water partition coefficient (Wildman–Crippen LogP) is 9.39. The molecule has 1 saturated heterocycles. The van der Waals surface area contributed by atoms with E-state index in [2.05, 4.69) is 12.1 Å². The lowest BCUT2D eigenvalue weighted by molar-refractivity contribution is -0.141. The monoisotopic (exact) mass is 628 g/mol. The molecule has 1 aliphatic rings. The SMILES string of the molecule is COc1ccc(Cc2cc(C3CC(OCc4ccccc4)CC(COCc4ccccc4)O3)c3ccccc3c2Cl)c(F)c1F. The van der Waals surface area contributed by atoms with Gasteiger partial charge in [0.15, 0.2) is 11.6 Å². The number of methoxy groups -OCH3 is 1. The molecule has 5 aromatic rings. The van der Waals surface area contributed by atoms with Crippen molar-refractivity contribution in [3.05, 3.63) is 148 Å². The van der Waals surface area contributed by atoms with Gasteiger partial charge in [-0.1, -0.05) is 109 Å². The summed E-state index contributed by atoms with van der Waals surface area (Å²) in [6, 6.07) is 32.9. The molecule has 1 aliphatic heterocycles. The molecular weight excluding hydrogens is 594 g/mol. The van der Waals surface area contributed by atoms with Gasteiger partial charge >= 0.3 is 0 Å². The number of benzene rings is 5. The normalized spacial score (nSPS) is 18.3. The van der Waals surface area contributed by atoms with Crippen LogP contribution in [0.5, 0.6) is 5.75 Å². The molecule has 5 aromatic carbocycles. The Morgan fingerprint density at radius 1 is 0.756 bits per heavy atom. The van der Waals surface area contributed by atoms with Gasteiger partial charge in [-0.2, -0.15) is 4.39 Å². The Balaban J connectivity index is 1.30. The summed E-state index contributed by atoms with van der Waals surface area (Å²) in [6.07, 6.45) is 0.793. The van der Waals surface area contributed by atoms with Crippen LogP contribution in [-0.4, -0.2) is 25.9 Å². The van der Waals surface area contributed by atoms with Crippen molar-refractivity contribution in [1.82, 2.24) is 0 Å². The van der Waals surface area contributed by atoms with Crippen LogP contribution in [0, 0.1) is 11.6 Å². The van der Waals surface area contributed by atoms with Crippen LogP contribution in [-0.2, 0) is 33.8 Å². The highest BCUT2D eigenvalue weighted by Crippen LogP contribution is 2.41. The minimum Gasteiger partial charge on any atom is -0.494 e.